The van der Waals surface area contributed by atoms with E-state index in [0.717, 1.165) is 36.2 Å². The molecule has 0 spiro atoms. The highest BCUT2D eigenvalue weighted by atomic mass is 32.2. The van der Waals surface area contributed by atoms with E-state index in [1.54, 1.807) is 0 Å². The van der Waals surface area contributed by atoms with E-state index in [1.807, 2.05) is 18.3 Å². The van der Waals surface area contributed by atoms with Crippen molar-refractivity contribution in [3.05, 3.63) is 77.5 Å². The highest BCUT2D eigenvalue weighted by Crippen LogP contribution is 2.25. The Bertz CT molecular complexity index is 929. The zero-order valence-electron chi connectivity index (χ0n) is 15.7. The molecule has 3 nitrogen and oxygen atoms in total. The molecule has 2 atom stereocenters. The van der Waals surface area contributed by atoms with Gasteiger partial charge in [0.05, 0.1) is 0 Å². The fourth-order valence-electron chi connectivity index (χ4n) is 3.75. The lowest BCUT2D eigenvalue weighted by molar-refractivity contribution is 0.515. The molecule has 0 saturated heterocycles. The lowest BCUT2D eigenvalue weighted by Crippen LogP contribution is -2.34. The van der Waals surface area contributed by atoms with E-state index >= 15 is 0 Å². The second kappa shape index (κ2) is 8.34. The maximum Gasteiger partial charge on any atom is 0.132 e. The highest BCUT2D eigenvalue weighted by Gasteiger charge is 2.19. The van der Waals surface area contributed by atoms with Crippen molar-refractivity contribution >= 4 is 27.7 Å². The van der Waals surface area contributed by atoms with Crippen LogP contribution in [0.4, 0.5) is 0 Å². The third kappa shape index (κ3) is 4.46. The number of benzene rings is 2. The van der Waals surface area contributed by atoms with Crippen LogP contribution < -0.4 is 5.32 Å². The van der Waals surface area contributed by atoms with E-state index < -0.39 is 11.2 Å². The summed E-state index contributed by atoms with van der Waals surface area (Å²) >= 11 is -0.845. The average molecular weight is 379 g/mol. The molecule has 0 radical (unpaired) electrons. The predicted octanol–water partition coefficient (Wildman–Crippen LogP) is 4.56. The van der Waals surface area contributed by atoms with Crippen molar-refractivity contribution in [1.29, 1.82) is 0 Å². The first-order chi connectivity index (χ1) is 13.2. The van der Waals surface area contributed by atoms with Gasteiger partial charge in [-0.25, -0.2) is 0 Å². The van der Waals surface area contributed by atoms with E-state index in [-0.39, 0.29) is 0 Å². The first kappa shape index (κ1) is 18.4. The van der Waals surface area contributed by atoms with Gasteiger partial charge in [0.2, 0.25) is 0 Å². The number of aromatic amines is 1. The van der Waals surface area contributed by atoms with Gasteiger partial charge in [-0.05, 0) is 41.7 Å². The molecule has 2 unspecified atom stereocenters. The molecule has 4 rings (SSSR count). The van der Waals surface area contributed by atoms with Gasteiger partial charge in [-0.15, -0.1) is 0 Å². The molecule has 4 heteroatoms. The van der Waals surface area contributed by atoms with Crippen LogP contribution >= 0.6 is 0 Å². The fraction of sp³-hybridized carbons (Fsp3) is 0.304. The highest BCUT2D eigenvalue weighted by molar-refractivity contribution is 7.90. The van der Waals surface area contributed by atoms with Crippen molar-refractivity contribution < 1.29 is 4.55 Å². The van der Waals surface area contributed by atoms with E-state index in [2.05, 4.69) is 59.7 Å². The van der Waals surface area contributed by atoms with Gasteiger partial charge in [0.25, 0.3) is 0 Å². The van der Waals surface area contributed by atoms with Crippen LogP contribution in [-0.2, 0) is 16.9 Å². The summed E-state index contributed by atoms with van der Waals surface area (Å²) in [7, 11) is 0. The number of aromatic nitrogens is 1. The minimum Gasteiger partial charge on any atom is -0.616 e. The summed E-state index contributed by atoms with van der Waals surface area (Å²) in [5.41, 5.74) is 6.28. The SMILES string of the molecule is Cc1ccc(C2=CCNC(CC[S+]([O-])Cc3c[nH]c4ccccc34)C2)cc1. The van der Waals surface area contributed by atoms with Crippen LogP contribution in [0.15, 0.2) is 60.8 Å². The van der Waals surface area contributed by atoms with Crippen LogP contribution in [0, 0.1) is 6.92 Å². The zero-order chi connectivity index (χ0) is 18.6. The van der Waals surface area contributed by atoms with Crippen LogP contribution in [-0.4, -0.2) is 27.9 Å². The van der Waals surface area contributed by atoms with Crippen molar-refractivity contribution in [2.45, 2.75) is 31.6 Å². The number of rotatable bonds is 6. The molecule has 2 aromatic carbocycles. The Balaban J connectivity index is 1.32. The van der Waals surface area contributed by atoms with Crippen molar-refractivity contribution in [2.75, 3.05) is 12.3 Å². The summed E-state index contributed by atoms with van der Waals surface area (Å²) in [6.45, 7) is 3.01. The second-order valence-electron chi connectivity index (χ2n) is 7.34. The molecule has 1 aliphatic rings. The third-order valence-corrected chi connectivity index (χ3v) is 6.65. The van der Waals surface area contributed by atoms with Gasteiger partial charge in [-0.2, -0.15) is 0 Å². The minimum atomic E-state index is -0.845. The third-order valence-electron chi connectivity index (χ3n) is 5.33. The Morgan fingerprint density at radius 3 is 2.78 bits per heavy atom. The molecule has 1 aliphatic heterocycles. The molecule has 0 aliphatic carbocycles. The summed E-state index contributed by atoms with van der Waals surface area (Å²) < 4.78 is 12.6. The van der Waals surface area contributed by atoms with E-state index in [0.29, 0.717) is 11.8 Å². The summed E-state index contributed by atoms with van der Waals surface area (Å²) in [5.74, 6) is 1.36. The van der Waals surface area contributed by atoms with E-state index in [9.17, 15) is 4.55 Å². The average Bonchev–Trinajstić information content (AvgIpc) is 3.10. The minimum absolute atomic E-state index is 0.401. The summed E-state index contributed by atoms with van der Waals surface area (Å²) in [6, 6.07) is 17.4. The molecular formula is C23H26N2OS. The summed E-state index contributed by atoms with van der Waals surface area (Å²) in [5, 5.41) is 4.74. The first-order valence-electron chi connectivity index (χ1n) is 9.58. The van der Waals surface area contributed by atoms with Gasteiger partial charge in [-0.3, -0.25) is 0 Å². The van der Waals surface area contributed by atoms with Gasteiger partial charge in [0.15, 0.2) is 0 Å². The number of H-pyrrole nitrogens is 1. The lowest BCUT2D eigenvalue weighted by atomic mass is 9.94. The normalized spacial score (nSPS) is 18.4. The quantitative estimate of drug-likeness (QED) is 0.618. The number of fused-ring (bicyclic) bond motifs is 1. The van der Waals surface area contributed by atoms with E-state index in [1.165, 1.54) is 22.1 Å². The molecule has 0 amide bonds. The maximum atomic E-state index is 12.6. The van der Waals surface area contributed by atoms with Gasteiger partial charge in [0, 0.05) is 41.7 Å². The largest absolute Gasteiger partial charge is 0.616 e. The number of nitrogens with one attached hydrogen (secondary N) is 2. The van der Waals surface area contributed by atoms with E-state index in [4.69, 9.17) is 0 Å². The zero-order valence-corrected chi connectivity index (χ0v) is 16.5. The van der Waals surface area contributed by atoms with Gasteiger partial charge in [0.1, 0.15) is 11.5 Å². The standard InChI is InChI=1S/C23H26N2OS/c1-17-6-8-18(9-7-17)19-10-12-24-21(14-19)11-13-27(26)16-20-15-25-23-5-3-2-4-22(20)23/h2-10,15,21,24-25H,11-14,16H2,1H3. The van der Waals surface area contributed by atoms with Crippen LogP contribution in [0.25, 0.3) is 16.5 Å². The predicted molar refractivity (Wildman–Crippen MR) is 115 cm³/mol. The fourth-order valence-corrected chi connectivity index (χ4v) is 5.03. The number of hydrogen-bond acceptors (Lipinski definition) is 2. The van der Waals surface area contributed by atoms with Crippen LogP contribution in [0.1, 0.15) is 29.5 Å². The number of hydrogen-bond donors (Lipinski definition) is 2. The molecule has 27 heavy (non-hydrogen) atoms. The molecular weight excluding hydrogens is 352 g/mol. The molecule has 0 saturated carbocycles. The van der Waals surface area contributed by atoms with Gasteiger partial charge >= 0.3 is 0 Å². The molecule has 0 bridgehead atoms. The summed E-state index contributed by atoms with van der Waals surface area (Å²) in [4.78, 5) is 3.27. The monoisotopic (exact) mass is 378 g/mol. The van der Waals surface area contributed by atoms with Crippen LogP contribution in [0.3, 0.4) is 0 Å². The topological polar surface area (TPSA) is 50.9 Å². The Morgan fingerprint density at radius 2 is 1.93 bits per heavy atom. The molecule has 2 N–H and O–H groups in total. The summed E-state index contributed by atoms with van der Waals surface area (Å²) in [6.07, 6.45) is 6.23. The lowest BCUT2D eigenvalue weighted by Gasteiger charge is -2.25. The van der Waals surface area contributed by atoms with Crippen molar-refractivity contribution in [3.63, 3.8) is 0 Å². The molecule has 3 aromatic rings. The number of para-hydroxylation sites is 1. The first-order valence-corrected chi connectivity index (χ1v) is 11.1. The second-order valence-corrected chi connectivity index (χ2v) is 8.92. The van der Waals surface area contributed by atoms with Gasteiger partial charge < -0.3 is 14.9 Å². The van der Waals surface area contributed by atoms with Crippen LogP contribution in [0.2, 0.25) is 0 Å². The Labute approximate surface area is 164 Å². The van der Waals surface area contributed by atoms with Crippen molar-refractivity contribution in [3.8, 4) is 0 Å². The van der Waals surface area contributed by atoms with Crippen molar-refractivity contribution in [1.82, 2.24) is 10.3 Å². The smallest absolute Gasteiger partial charge is 0.132 e. The van der Waals surface area contributed by atoms with Crippen LogP contribution in [0.5, 0.6) is 0 Å². The Morgan fingerprint density at radius 1 is 1.11 bits per heavy atom. The molecule has 0 fully saturated rings. The molecule has 2 heterocycles. The Hall–Kier alpha value is -2.01. The van der Waals surface area contributed by atoms with Gasteiger partial charge in [-0.1, -0.05) is 54.1 Å². The maximum absolute atomic E-state index is 12.6. The molecule has 140 valence electrons. The number of aryl methyl sites for hydroxylation is 1. The Kier molecular flexibility index (Phi) is 5.67. The van der Waals surface area contributed by atoms with Crippen molar-refractivity contribution in [2.24, 2.45) is 0 Å². The molecule has 1 aromatic heterocycles.